The highest BCUT2D eigenvalue weighted by Crippen LogP contribution is 2.21. The third-order valence-electron chi connectivity index (χ3n) is 3.62. The second kappa shape index (κ2) is 8.35. The molecule has 2 aromatic carbocycles. The Hall–Kier alpha value is -2.79. The van der Waals surface area contributed by atoms with Crippen LogP contribution in [-0.2, 0) is 12.2 Å². The highest BCUT2D eigenvalue weighted by molar-refractivity contribution is 7.98. The molecule has 0 saturated carbocycles. The number of allylic oxidation sites excluding steroid dienone is 1. The Morgan fingerprint density at radius 2 is 1.72 bits per heavy atom. The fraction of sp³-hybridized carbons (Fsp3) is 0.100. The van der Waals surface area contributed by atoms with Crippen molar-refractivity contribution in [3.8, 4) is 5.88 Å². The SMILES string of the molecule is O=c1[nH]c(SCc2ccccc2)nc(O)c1C/C=C/c1ccccc1. The van der Waals surface area contributed by atoms with Crippen LogP contribution in [0.4, 0.5) is 0 Å². The van der Waals surface area contributed by atoms with Crippen molar-refractivity contribution < 1.29 is 5.11 Å². The van der Waals surface area contributed by atoms with E-state index in [2.05, 4.69) is 9.97 Å². The summed E-state index contributed by atoms with van der Waals surface area (Å²) in [6.45, 7) is 0. The summed E-state index contributed by atoms with van der Waals surface area (Å²) in [5.41, 5.74) is 2.14. The maximum absolute atomic E-state index is 12.2. The van der Waals surface area contributed by atoms with E-state index in [-0.39, 0.29) is 17.0 Å². The zero-order valence-corrected chi connectivity index (χ0v) is 14.4. The minimum Gasteiger partial charge on any atom is -0.493 e. The van der Waals surface area contributed by atoms with Crippen molar-refractivity contribution in [3.05, 3.63) is 93.8 Å². The van der Waals surface area contributed by atoms with E-state index in [9.17, 15) is 9.90 Å². The first kappa shape index (κ1) is 17.0. The molecule has 2 N–H and O–H groups in total. The number of nitrogens with zero attached hydrogens (tertiary/aromatic N) is 1. The van der Waals surface area contributed by atoms with Gasteiger partial charge in [0.1, 0.15) is 0 Å². The molecule has 0 saturated heterocycles. The Balaban J connectivity index is 1.68. The number of hydrogen-bond donors (Lipinski definition) is 2. The molecule has 1 heterocycles. The largest absolute Gasteiger partial charge is 0.493 e. The number of aromatic nitrogens is 2. The molecule has 0 bridgehead atoms. The van der Waals surface area contributed by atoms with Gasteiger partial charge in [-0.1, -0.05) is 84.6 Å². The lowest BCUT2D eigenvalue weighted by molar-refractivity contribution is 0.437. The summed E-state index contributed by atoms with van der Waals surface area (Å²) in [4.78, 5) is 19.1. The van der Waals surface area contributed by atoms with Gasteiger partial charge in [0.05, 0.1) is 5.56 Å². The Morgan fingerprint density at radius 1 is 1.04 bits per heavy atom. The molecule has 126 valence electrons. The third kappa shape index (κ3) is 4.84. The van der Waals surface area contributed by atoms with Crippen LogP contribution in [-0.4, -0.2) is 15.1 Å². The number of hydrogen-bond acceptors (Lipinski definition) is 4. The van der Waals surface area contributed by atoms with Crippen molar-refractivity contribution in [1.82, 2.24) is 9.97 Å². The van der Waals surface area contributed by atoms with Crippen LogP contribution < -0.4 is 5.56 Å². The number of aromatic hydroxyl groups is 1. The molecular formula is C20H18N2O2S. The average molecular weight is 350 g/mol. The van der Waals surface area contributed by atoms with E-state index in [1.807, 2.05) is 72.8 Å². The highest BCUT2D eigenvalue weighted by atomic mass is 32.2. The lowest BCUT2D eigenvalue weighted by Crippen LogP contribution is -2.14. The molecule has 0 aliphatic heterocycles. The molecule has 0 unspecified atom stereocenters. The number of benzene rings is 2. The second-order valence-corrected chi connectivity index (χ2v) is 6.43. The predicted octanol–water partition coefficient (Wildman–Crippen LogP) is 4.02. The Bertz CT molecular complexity index is 906. The van der Waals surface area contributed by atoms with Gasteiger partial charge in [-0.05, 0) is 11.1 Å². The van der Waals surface area contributed by atoms with Gasteiger partial charge >= 0.3 is 0 Å². The molecule has 0 amide bonds. The first-order chi connectivity index (χ1) is 12.2. The summed E-state index contributed by atoms with van der Waals surface area (Å²) in [6, 6.07) is 19.7. The zero-order chi connectivity index (χ0) is 17.5. The van der Waals surface area contributed by atoms with Crippen LogP contribution in [0.5, 0.6) is 5.88 Å². The maximum Gasteiger partial charge on any atom is 0.258 e. The van der Waals surface area contributed by atoms with Crippen molar-refractivity contribution in [2.24, 2.45) is 0 Å². The van der Waals surface area contributed by atoms with Crippen LogP contribution in [0, 0.1) is 0 Å². The van der Waals surface area contributed by atoms with Gasteiger partial charge in [0.15, 0.2) is 5.16 Å². The molecule has 3 rings (SSSR count). The molecule has 5 heteroatoms. The van der Waals surface area contributed by atoms with Gasteiger partial charge in [0.25, 0.3) is 5.56 Å². The monoisotopic (exact) mass is 350 g/mol. The topological polar surface area (TPSA) is 66.0 Å². The summed E-state index contributed by atoms with van der Waals surface area (Å²) in [5, 5.41) is 10.5. The summed E-state index contributed by atoms with van der Waals surface area (Å²) in [6.07, 6.45) is 4.09. The van der Waals surface area contributed by atoms with Crippen LogP contribution in [0.3, 0.4) is 0 Å². The lowest BCUT2D eigenvalue weighted by Gasteiger charge is -2.04. The molecule has 0 aliphatic carbocycles. The third-order valence-corrected chi connectivity index (χ3v) is 4.57. The predicted molar refractivity (Wildman–Crippen MR) is 102 cm³/mol. The molecule has 0 radical (unpaired) electrons. The highest BCUT2D eigenvalue weighted by Gasteiger charge is 2.10. The van der Waals surface area contributed by atoms with Crippen molar-refractivity contribution in [3.63, 3.8) is 0 Å². The van der Waals surface area contributed by atoms with Crippen LogP contribution in [0.25, 0.3) is 6.08 Å². The molecule has 0 fully saturated rings. The smallest absolute Gasteiger partial charge is 0.258 e. The van der Waals surface area contributed by atoms with Crippen molar-refractivity contribution in [2.75, 3.05) is 0 Å². The minimum absolute atomic E-state index is 0.211. The van der Waals surface area contributed by atoms with Gasteiger partial charge in [0.2, 0.25) is 5.88 Å². The van der Waals surface area contributed by atoms with Crippen molar-refractivity contribution in [2.45, 2.75) is 17.3 Å². The Labute approximate surface area is 150 Å². The molecule has 0 spiro atoms. The van der Waals surface area contributed by atoms with Crippen molar-refractivity contribution in [1.29, 1.82) is 0 Å². The van der Waals surface area contributed by atoms with E-state index in [1.165, 1.54) is 11.8 Å². The molecule has 25 heavy (non-hydrogen) atoms. The quantitative estimate of drug-likeness (QED) is 0.520. The number of aromatic amines is 1. The number of H-pyrrole nitrogens is 1. The molecule has 0 aliphatic rings. The number of rotatable bonds is 6. The fourth-order valence-corrected chi connectivity index (χ4v) is 3.13. The van der Waals surface area contributed by atoms with Crippen LogP contribution in [0.2, 0.25) is 0 Å². The molecular weight excluding hydrogens is 332 g/mol. The van der Waals surface area contributed by atoms with Crippen LogP contribution in [0.1, 0.15) is 16.7 Å². The zero-order valence-electron chi connectivity index (χ0n) is 13.6. The van der Waals surface area contributed by atoms with Gasteiger partial charge in [-0.3, -0.25) is 4.79 Å². The van der Waals surface area contributed by atoms with Gasteiger partial charge in [-0.2, -0.15) is 4.98 Å². The Morgan fingerprint density at radius 3 is 2.40 bits per heavy atom. The summed E-state index contributed by atoms with van der Waals surface area (Å²) < 4.78 is 0. The lowest BCUT2D eigenvalue weighted by atomic mass is 10.1. The van der Waals surface area contributed by atoms with Crippen LogP contribution >= 0.6 is 11.8 Å². The number of thioether (sulfide) groups is 1. The minimum atomic E-state index is -0.305. The van der Waals surface area contributed by atoms with Gasteiger partial charge in [-0.25, -0.2) is 0 Å². The fourth-order valence-electron chi connectivity index (χ4n) is 2.32. The molecule has 3 aromatic rings. The standard InChI is InChI=1S/C20H18N2O2S/c23-18-17(13-7-12-15-8-3-1-4-9-15)19(24)22-20(21-18)25-14-16-10-5-2-6-11-16/h1-12H,13-14H2,(H2,21,22,23,24)/b12-7+. The molecule has 0 atom stereocenters. The first-order valence-corrected chi connectivity index (χ1v) is 8.91. The maximum atomic E-state index is 12.2. The second-order valence-electron chi connectivity index (χ2n) is 5.46. The van der Waals surface area contributed by atoms with Gasteiger partial charge in [-0.15, -0.1) is 0 Å². The molecule has 4 nitrogen and oxygen atoms in total. The summed E-state index contributed by atoms with van der Waals surface area (Å²) in [7, 11) is 0. The van der Waals surface area contributed by atoms with E-state index < -0.39 is 0 Å². The first-order valence-electron chi connectivity index (χ1n) is 7.93. The normalized spacial score (nSPS) is 11.0. The summed E-state index contributed by atoms with van der Waals surface area (Å²) >= 11 is 1.39. The number of nitrogens with one attached hydrogen (secondary N) is 1. The van der Waals surface area contributed by atoms with E-state index in [4.69, 9.17) is 0 Å². The average Bonchev–Trinajstić information content (AvgIpc) is 2.64. The van der Waals surface area contributed by atoms with Crippen molar-refractivity contribution >= 4 is 17.8 Å². The van der Waals surface area contributed by atoms with E-state index in [1.54, 1.807) is 0 Å². The van der Waals surface area contributed by atoms with Gasteiger partial charge < -0.3 is 10.1 Å². The van der Waals surface area contributed by atoms with Gasteiger partial charge in [0, 0.05) is 12.2 Å². The van der Waals surface area contributed by atoms with E-state index in [0.717, 1.165) is 11.1 Å². The van der Waals surface area contributed by atoms with Crippen LogP contribution in [0.15, 0.2) is 76.7 Å². The summed E-state index contributed by atoms with van der Waals surface area (Å²) in [5.74, 6) is 0.466. The molecule has 1 aromatic heterocycles. The van der Waals surface area contributed by atoms with E-state index >= 15 is 0 Å². The Kier molecular flexibility index (Phi) is 5.69. The van der Waals surface area contributed by atoms with E-state index in [0.29, 0.717) is 17.3 Å².